The van der Waals surface area contributed by atoms with Crippen molar-refractivity contribution in [2.45, 2.75) is 38.2 Å². The predicted molar refractivity (Wildman–Crippen MR) is 79.8 cm³/mol. The Hall–Kier alpha value is -1.26. The molecule has 2 rings (SSSR count). The minimum Gasteiger partial charge on any atom is -0.491 e. The highest BCUT2D eigenvalue weighted by Gasteiger charge is 2.14. The molecular formula is C16H25NO3. The van der Waals surface area contributed by atoms with Gasteiger partial charge in [0.05, 0.1) is 6.61 Å². The van der Waals surface area contributed by atoms with Crippen LogP contribution in [0.4, 0.5) is 5.69 Å². The van der Waals surface area contributed by atoms with E-state index in [4.69, 9.17) is 15.2 Å². The van der Waals surface area contributed by atoms with E-state index in [0.717, 1.165) is 6.61 Å². The molecule has 0 aliphatic heterocycles. The fraction of sp³-hybridized carbons (Fsp3) is 0.625. The summed E-state index contributed by atoms with van der Waals surface area (Å²) in [4.78, 5) is 0. The summed E-state index contributed by atoms with van der Waals surface area (Å²) in [6, 6.07) is 7.20. The average Bonchev–Trinajstić information content (AvgIpc) is 2.46. The quantitative estimate of drug-likeness (QED) is 0.753. The number of aliphatic hydroxyl groups excluding tert-OH is 1. The minimum atomic E-state index is -0.597. The molecule has 0 spiro atoms. The van der Waals surface area contributed by atoms with E-state index in [1.165, 1.54) is 32.1 Å². The summed E-state index contributed by atoms with van der Waals surface area (Å²) in [5, 5.41) is 9.83. The van der Waals surface area contributed by atoms with E-state index in [2.05, 4.69) is 0 Å². The van der Waals surface area contributed by atoms with Gasteiger partial charge < -0.3 is 20.3 Å². The molecule has 4 nitrogen and oxygen atoms in total. The second-order valence-corrected chi connectivity index (χ2v) is 5.58. The second-order valence-electron chi connectivity index (χ2n) is 5.58. The lowest BCUT2D eigenvalue weighted by Crippen LogP contribution is -2.25. The monoisotopic (exact) mass is 279 g/mol. The molecule has 1 saturated carbocycles. The first-order chi connectivity index (χ1) is 9.74. The van der Waals surface area contributed by atoms with E-state index >= 15 is 0 Å². The van der Waals surface area contributed by atoms with E-state index < -0.39 is 6.10 Å². The molecular weight excluding hydrogens is 254 g/mol. The summed E-state index contributed by atoms with van der Waals surface area (Å²) in [7, 11) is 0. The molecule has 1 aliphatic rings. The number of nitrogens with two attached hydrogens (primary N) is 1. The predicted octanol–water partition coefficient (Wildman–Crippen LogP) is 2.61. The zero-order valence-corrected chi connectivity index (χ0v) is 12.0. The number of hydrogen-bond donors (Lipinski definition) is 2. The fourth-order valence-corrected chi connectivity index (χ4v) is 2.57. The highest BCUT2D eigenvalue weighted by molar-refractivity contribution is 5.43. The molecule has 1 aliphatic carbocycles. The number of anilines is 1. The van der Waals surface area contributed by atoms with Gasteiger partial charge in [-0.3, -0.25) is 0 Å². The molecule has 0 saturated heterocycles. The number of ether oxygens (including phenoxy) is 2. The molecule has 0 aromatic heterocycles. The minimum absolute atomic E-state index is 0.230. The number of hydrogen-bond acceptors (Lipinski definition) is 4. The largest absolute Gasteiger partial charge is 0.491 e. The molecule has 112 valence electrons. The Morgan fingerprint density at radius 2 is 2.00 bits per heavy atom. The molecule has 0 heterocycles. The van der Waals surface area contributed by atoms with Gasteiger partial charge in [-0.05, 0) is 30.9 Å². The van der Waals surface area contributed by atoms with Crippen molar-refractivity contribution in [3.63, 3.8) is 0 Å². The van der Waals surface area contributed by atoms with Crippen molar-refractivity contribution in [1.29, 1.82) is 0 Å². The van der Waals surface area contributed by atoms with Gasteiger partial charge in [-0.2, -0.15) is 0 Å². The van der Waals surface area contributed by atoms with Crippen LogP contribution in [0.15, 0.2) is 24.3 Å². The smallest absolute Gasteiger partial charge is 0.121 e. The Kier molecular flexibility index (Phi) is 6.15. The topological polar surface area (TPSA) is 64.7 Å². The molecule has 1 atom stereocenters. The van der Waals surface area contributed by atoms with Crippen molar-refractivity contribution in [2.75, 3.05) is 25.6 Å². The summed E-state index contributed by atoms with van der Waals surface area (Å²) < 4.78 is 11.1. The van der Waals surface area contributed by atoms with Gasteiger partial charge in [-0.1, -0.05) is 25.3 Å². The molecule has 20 heavy (non-hydrogen) atoms. The van der Waals surface area contributed by atoms with Crippen molar-refractivity contribution < 1.29 is 14.6 Å². The van der Waals surface area contributed by atoms with Crippen LogP contribution in [0.2, 0.25) is 0 Å². The van der Waals surface area contributed by atoms with Crippen LogP contribution >= 0.6 is 0 Å². The first-order valence-electron chi connectivity index (χ1n) is 7.48. The van der Waals surface area contributed by atoms with E-state index in [9.17, 15) is 5.11 Å². The third-order valence-corrected chi connectivity index (χ3v) is 3.69. The zero-order valence-electron chi connectivity index (χ0n) is 12.0. The van der Waals surface area contributed by atoms with E-state index in [-0.39, 0.29) is 6.61 Å². The van der Waals surface area contributed by atoms with Crippen LogP contribution in [-0.4, -0.2) is 31.0 Å². The van der Waals surface area contributed by atoms with Crippen LogP contribution in [0.3, 0.4) is 0 Å². The van der Waals surface area contributed by atoms with Gasteiger partial charge in [-0.15, -0.1) is 0 Å². The lowest BCUT2D eigenvalue weighted by Gasteiger charge is -2.22. The molecule has 1 aromatic rings. The van der Waals surface area contributed by atoms with Crippen LogP contribution < -0.4 is 10.5 Å². The van der Waals surface area contributed by atoms with Crippen LogP contribution in [0, 0.1) is 5.92 Å². The summed E-state index contributed by atoms with van der Waals surface area (Å²) >= 11 is 0. The Labute approximate surface area is 120 Å². The molecule has 3 N–H and O–H groups in total. The Morgan fingerprint density at radius 1 is 1.20 bits per heavy atom. The molecule has 4 heteroatoms. The van der Waals surface area contributed by atoms with Gasteiger partial charge in [-0.25, -0.2) is 0 Å². The van der Waals surface area contributed by atoms with Crippen LogP contribution in [0.25, 0.3) is 0 Å². The molecule has 1 aromatic carbocycles. The maximum absolute atomic E-state index is 9.83. The van der Waals surface area contributed by atoms with Gasteiger partial charge in [0, 0.05) is 18.4 Å². The van der Waals surface area contributed by atoms with Gasteiger partial charge in [0.25, 0.3) is 0 Å². The second kappa shape index (κ2) is 8.12. The van der Waals surface area contributed by atoms with Crippen molar-refractivity contribution in [2.24, 2.45) is 5.92 Å². The summed E-state index contributed by atoms with van der Waals surface area (Å²) in [6.45, 7) is 1.32. The SMILES string of the molecule is Nc1cccc(OCC(O)COCC2CCCCC2)c1. The molecule has 0 amide bonds. The number of nitrogen functional groups attached to an aromatic ring is 1. The molecule has 0 bridgehead atoms. The van der Waals surface area contributed by atoms with E-state index in [1.807, 2.05) is 12.1 Å². The van der Waals surface area contributed by atoms with E-state index in [1.54, 1.807) is 12.1 Å². The van der Waals surface area contributed by atoms with Gasteiger partial charge >= 0.3 is 0 Å². The average molecular weight is 279 g/mol. The van der Waals surface area contributed by atoms with Crippen molar-refractivity contribution in [3.05, 3.63) is 24.3 Å². The Morgan fingerprint density at radius 3 is 2.75 bits per heavy atom. The Balaban J connectivity index is 1.59. The maximum atomic E-state index is 9.83. The summed E-state index contributed by atoms with van der Waals surface area (Å²) in [5.74, 6) is 1.35. The van der Waals surface area contributed by atoms with Crippen molar-refractivity contribution in [1.82, 2.24) is 0 Å². The van der Waals surface area contributed by atoms with Gasteiger partial charge in [0.1, 0.15) is 18.5 Å². The third kappa shape index (κ3) is 5.39. The standard InChI is InChI=1S/C16H25NO3/c17-14-7-4-8-16(9-14)20-12-15(18)11-19-10-13-5-2-1-3-6-13/h4,7-9,13,15,18H,1-3,5-6,10-12,17H2. The normalized spacial score (nSPS) is 17.9. The first-order valence-corrected chi connectivity index (χ1v) is 7.48. The lowest BCUT2D eigenvalue weighted by atomic mass is 9.90. The summed E-state index contributed by atoms with van der Waals surface area (Å²) in [6.07, 6.45) is 5.91. The third-order valence-electron chi connectivity index (χ3n) is 3.69. The lowest BCUT2D eigenvalue weighted by molar-refractivity contribution is -0.00356. The van der Waals surface area contributed by atoms with Crippen molar-refractivity contribution in [3.8, 4) is 5.75 Å². The number of rotatable bonds is 7. The van der Waals surface area contributed by atoms with Crippen LogP contribution in [-0.2, 0) is 4.74 Å². The fourth-order valence-electron chi connectivity index (χ4n) is 2.57. The van der Waals surface area contributed by atoms with E-state index in [0.29, 0.717) is 24.0 Å². The van der Waals surface area contributed by atoms with Gasteiger partial charge in [0.2, 0.25) is 0 Å². The van der Waals surface area contributed by atoms with Crippen molar-refractivity contribution >= 4 is 5.69 Å². The maximum Gasteiger partial charge on any atom is 0.121 e. The highest BCUT2D eigenvalue weighted by Crippen LogP contribution is 2.23. The molecule has 1 unspecified atom stereocenters. The Bertz CT molecular complexity index is 391. The number of benzene rings is 1. The molecule has 0 radical (unpaired) electrons. The van der Waals surface area contributed by atoms with Crippen LogP contribution in [0.1, 0.15) is 32.1 Å². The van der Waals surface area contributed by atoms with Gasteiger partial charge in [0.15, 0.2) is 0 Å². The number of aliphatic hydroxyl groups is 1. The highest BCUT2D eigenvalue weighted by atomic mass is 16.5. The zero-order chi connectivity index (χ0) is 14.2. The summed E-state index contributed by atoms with van der Waals surface area (Å²) in [5.41, 5.74) is 6.32. The molecule has 1 fully saturated rings. The first kappa shape index (κ1) is 15.1. The van der Waals surface area contributed by atoms with Crippen LogP contribution in [0.5, 0.6) is 5.75 Å².